The van der Waals surface area contributed by atoms with E-state index in [2.05, 4.69) is 26.1 Å². The van der Waals surface area contributed by atoms with Gasteiger partial charge >= 0.3 is 0 Å². The van der Waals surface area contributed by atoms with Crippen molar-refractivity contribution in [3.63, 3.8) is 0 Å². The van der Waals surface area contributed by atoms with Crippen LogP contribution in [0.2, 0.25) is 0 Å². The van der Waals surface area contributed by atoms with E-state index in [0.29, 0.717) is 38.2 Å². The molecule has 26 heavy (non-hydrogen) atoms. The van der Waals surface area contributed by atoms with Crippen molar-refractivity contribution in [2.45, 2.75) is 45.4 Å². The molecule has 0 atom stereocenters. The zero-order valence-corrected chi connectivity index (χ0v) is 17.1. The Morgan fingerprint density at radius 1 is 1.27 bits per heavy atom. The molecule has 1 aliphatic heterocycles. The smallest absolute Gasteiger partial charge is 0.243 e. The van der Waals surface area contributed by atoms with Crippen molar-refractivity contribution < 1.29 is 17.9 Å². The molecule has 1 saturated heterocycles. The quantitative estimate of drug-likeness (QED) is 0.849. The molecular formula is C19H30N2O4S. The van der Waals surface area contributed by atoms with Crippen LogP contribution in [0.15, 0.2) is 23.1 Å². The maximum atomic E-state index is 12.9. The summed E-state index contributed by atoms with van der Waals surface area (Å²) in [5.41, 5.74) is 0.816. The summed E-state index contributed by atoms with van der Waals surface area (Å²) in [7, 11) is -1.99. The number of nitrogens with zero attached hydrogens (tertiary/aromatic N) is 1. The first kappa shape index (κ1) is 20.7. The minimum atomic E-state index is -3.55. The van der Waals surface area contributed by atoms with Gasteiger partial charge in [0, 0.05) is 25.6 Å². The largest absolute Gasteiger partial charge is 0.496 e. The molecule has 1 aromatic carbocycles. The van der Waals surface area contributed by atoms with E-state index in [4.69, 9.17) is 4.74 Å². The van der Waals surface area contributed by atoms with E-state index in [1.165, 1.54) is 4.31 Å². The molecule has 0 radical (unpaired) electrons. The first-order valence-corrected chi connectivity index (χ1v) is 10.4. The highest BCUT2D eigenvalue weighted by Crippen LogP contribution is 2.27. The maximum absolute atomic E-state index is 12.9. The Kier molecular flexibility index (Phi) is 6.34. The Balaban J connectivity index is 2.00. The molecule has 1 amide bonds. The van der Waals surface area contributed by atoms with Crippen LogP contribution >= 0.6 is 0 Å². The number of rotatable bonds is 5. The highest BCUT2D eigenvalue weighted by molar-refractivity contribution is 7.89. The molecule has 1 heterocycles. The van der Waals surface area contributed by atoms with E-state index >= 15 is 0 Å². The number of methoxy groups -OCH3 is 1. The van der Waals surface area contributed by atoms with Crippen LogP contribution in [0.25, 0.3) is 0 Å². The standard InChI is InChI=1S/C19H30N2O4S/c1-14-12-16(6-7-17(14)25-5)26(23,24)21-10-8-15(9-11-21)18(22)20-13-19(2,3)4/h6-7,12,15H,8-11,13H2,1-5H3,(H,20,22). The predicted octanol–water partition coefficient (Wildman–Crippen LogP) is 2.57. The minimum Gasteiger partial charge on any atom is -0.496 e. The number of carbonyl (C=O) groups excluding carboxylic acids is 1. The molecule has 0 aliphatic carbocycles. The molecule has 0 spiro atoms. The number of benzene rings is 1. The second-order valence-electron chi connectivity index (χ2n) is 8.09. The summed E-state index contributed by atoms with van der Waals surface area (Å²) in [5.74, 6) is 0.567. The Morgan fingerprint density at radius 2 is 1.88 bits per heavy atom. The monoisotopic (exact) mass is 382 g/mol. The second kappa shape index (κ2) is 7.96. The van der Waals surface area contributed by atoms with E-state index in [1.54, 1.807) is 25.3 Å². The van der Waals surface area contributed by atoms with Crippen molar-refractivity contribution in [2.75, 3.05) is 26.7 Å². The van der Waals surface area contributed by atoms with E-state index < -0.39 is 10.0 Å². The van der Waals surface area contributed by atoms with Gasteiger partial charge in [-0.1, -0.05) is 20.8 Å². The average molecular weight is 383 g/mol. The molecule has 7 heteroatoms. The first-order chi connectivity index (χ1) is 12.0. The summed E-state index contributed by atoms with van der Waals surface area (Å²) in [6.45, 7) is 9.37. The Labute approximate surface area is 157 Å². The first-order valence-electron chi connectivity index (χ1n) is 8.97. The molecule has 1 aromatic rings. The third-order valence-electron chi connectivity index (χ3n) is 4.62. The van der Waals surface area contributed by atoms with Gasteiger partial charge in [-0.3, -0.25) is 4.79 Å². The summed E-state index contributed by atoms with van der Waals surface area (Å²) in [6, 6.07) is 4.88. The van der Waals surface area contributed by atoms with Crippen molar-refractivity contribution in [1.82, 2.24) is 9.62 Å². The van der Waals surface area contributed by atoms with Gasteiger partial charge in [0.1, 0.15) is 5.75 Å². The lowest BCUT2D eigenvalue weighted by Crippen LogP contribution is -2.44. The number of carbonyl (C=O) groups is 1. The van der Waals surface area contributed by atoms with Gasteiger partial charge in [-0.15, -0.1) is 0 Å². The molecule has 0 aromatic heterocycles. The molecule has 6 nitrogen and oxygen atoms in total. The fraction of sp³-hybridized carbons (Fsp3) is 0.632. The van der Waals surface area contributed by atoms with Crippen LogP contribution in [-0.2, 0) is 14.8 Å². The number of ether oxygens (including phenoxy) is 1. The summed E-state index contributed by atoms with van der Waals surface area (Å²) < 4.78 is 32.4. The zero-order chi connectivity index (χ0) is 19.5. The van der Waals surface area contributed by atoms with Crippen molar-refractivity contribution in [3.05, 3.63) is 23.8 Å². The topological polar surface area (TPSA) is 75.7 Å². The summed E-state index contributed by atoms with van der Waals surface area (Å²) in [6.07, 6.45) is 1.09. The average Bonchev–Trinajstić information content (AvgIpc) is 2.59. The van der Waals surface area contributed by atoms with Gasteiger partial charge in [-0.2, -0.15) is 4.31 Å². The number of sulfonamides is 1. The summed E-state index contributed by atoms with van der Waals surface area (Å²) in [5, 5.41) is 2.98. The van der Waals surface area contributed by atoms with Gasteiger partial charge < -0.3 is 10.1 Å². The van der Waals surface area contributed by atoms with Crippen LogP contribution in [0.4, 0.5) is 0 Å². The van der Waals surface area contributed by atoms with Crippen LogP contribution in [0.5, 0.6) is 5.75 Å². The van der Waals surface area contributed by atoms with Crippen LogP contribution in [-0.4, -0.2) is 45.4 Å². The van der Waals surface area contributed by atoms with Gasteiger partial charge in [0.05, 0.1) is 12.0 Å². The lowest BCUT2D eigenvalue weighted by molar-refractivity contribution is -0.126. The lowest BCUT2D eigenvalue weighted by atomic mass is 9.94. The van der Waals surface area contributed by atoms with Gasteiger partial charge in [0.25, 0.3) is 0 Å². The second-order valence-corrected chi connectivity index (χ2v) is 10.0. The van der Waals surface area contributed by atoms with E-state index in [-0.39, 0.29) is 22.1 Å². The van der Waals surface area contributed by atoms with Gasteiger partial charge in [-0.05, 0) is 48.9 Å². The Morgan fingerprint density at radius 3 is 2.38 bits per heavy atom. The third-order valence-corrected chi connectivity index (χ3v) is 6.52. The van der Waals surface area contributed by atoms with Crippen molar-refractivity contribution in [2.24, 2.45) is 11.3 Å². The number of piperidine rings is 1. The van der Waals surface area contributed by atoms with E-state index in [9.17, 15) is 13.2 Å². The van der Waals surface area contributed by atoms with Gasteiger partial charge in [0.2, 0.25) is 15.9 Å². The fourth-order valence-electron chi connectivity index (χ4n) is 3.02. The SMILES string of the molecule is COc1ccc(S(=O)(=O)N2CCC(C(=O)NCC(C)(C)C)CC2)cc1C. The minimum absolute atomic E-state index is 0.0252. The third kappa shape index (κ3) is 4.98. The highest BCUT2D eigenvalue weighted by Gasteiger charge is 2.32. The number of aryl methyl sites for hydroxylation is 1. The normalized spacial score (nSPS) is 17.1. The number of hydrogen-bond donors (Lipinski definition) is 1. The Hall–Kier alpha value is -1.60. The molecular weight excluding hydrogens is 352 g/mol. The van der Waals surface area contributed by atoms with Gasteiger partial charge in [-0.25, -0.2) is 8.42 Å². The molecule has 2 rings (SSSR count). The molecule has 146 valence electrons. The molecule has 1 N–H and O–H groups in total. The summed E-state index contributed by atoms with van der Waals surface area (Å²) in [4.78, 5) is 12.6. The van der Waals surface area contributed by atoms with Gasteiger partial charge in [0.15, 0.2) is 0 Å². The van der Waals surface area contributed by atoms with E-state index in [1.807, 2.05) is 6.92 Å². The van der Waals surface area contributed by atoms with Crippen LogP contribution in [0.3, 0.4) is 0 Å². The fourth-order valence-corrected chi connectivity index (χ4v) is 4.57. The van der Waals surface area contributed by atoms with Crippen LogP contribution in [0.1, 0.15) is 39.2 Å². The highest BCUT2D eigenvalue weighted by atomic mass is 32.2. The van der Waals surface area contributed by atoms with Crippen LogP contribution in [0, 0.1) is 18.3 Å². The van der Waals surface area contributed by atoms with Crippen molar-refractivity contribution in [1.29, 1.82) is 0 Å². The molecule has 1 fully saturated rings. The van der Waals surface area contributed by atoms with Crippen molar-refractivity contribution >= 4 is 15.9 Å². The molecule has 1 aliphatic rings. The Bertz CT molecular complexity index is 745. The molecule has 0 unspecified atom stereocenters. The predicted molar refractivity (Wildman–Crippen MR) is 102 cm³/mol. The van der Waals surface area contributed by atoms with Crippen molar-refractivity contribution in [3.8, 4) is 5.75 Å². The number of nitrogens with one attached hydrogen (secondary N) is 1. The maximum Gasteiger partial charge on any atom is 0.243 e. The van der Waals surface area contributed by atoms with Crippen LogP contribution < -0.4 is 10.1 Å². The molecule has 0 saturated carbocycles. The number of amides is 1. The zero-order valence-electron chi connectivity index (χ0n) is 16.3. The summed E-state index contributed by atoms with van der Waals surface area (Å²) >= 11 is 0. The lowest BCUT2D eigenvalue weighted by Gasteiger charge is -2.31. The number of hydrogen-bond acceptors (Lipinski definition) is 4. The van der Waals surface area contributed by atoms with E-state index in [0.717, 1.165) is 5.56 Å². The molecule has 0 bridgehead atoms.